The summed E-state index contributed by atoms with van der Waals surface area (Å²) >= 11 is 0. The number of hydrogen-bond acceptors (Lipinski definition) is 5. The normalized spacial score (nSPS) is 10.3. The van der Waals surface area contributed by atoms with Gasteiger partial charge in [-0.15, -0.1) is 0 Å². The lowest BCUT2D eigenvalue weighted by Crippen LogP contribution is -2.13. The van der Waals surface area contributed by atoms with E-state index < -0.39 is 18.0 Å². The molecule has 0 saturated heterocycles. The Morgan fingerprint density at radius 1 is 1.63 bits per heavy atom. The minimum absolute atomic E-state index is 0.0756. The molecule has 5 nitrogen and oxygen atoms in total. The number of nitrogens with two attached hydrogens (primary N) is 1. The van der Waals surface area contributed by atoms with Crippen LogP contribution in [0, 0.1) is 11.3 Å². The Labute approximate surface area is 109 Å². The topological polar surface area (TPSA) is 89.0 Å². The molecule has 1 aromatic heterocycles. The number of rotatable bonds is 5. The van der Waals surface area contributed by atoms with Gasteiger partial charge in [0.15, 0.2) is 0 Å². The second-order valence-electron chi connectivity index (χ2n) is 3.62. The molecule has 0 fully saturated rings. The summed E-state index contributed by atoms with van der Waals surface area (Å²) in [5.41, 5.74) is 4.78. The van der Waals surface area contributed by atoms with Gasteiger partial charge in [-0.3, -0.25) is 9.78 Å². The molecule has 0 aliphatic carbocycles. The third kappa shape index (κ3) is 3.69. The molecule has 0 spiro atoms. The maximum atomic E-state index is 12.8. The first-order chi connectivity index (χ1) is 9.03. The van der Waals surface area contributed by atoms with E-state index in [1.807, 2.05) is 0 Å². The van der Waals surface area contributed by atoms with Crippen molar-refractivity contribution >= 4 is 5.97 Å². The largest absolute Gasteiger partial charge is 0.466 e. The molecule has 19 heavy (non-hydrogen) atoms. The van der Waals surface area contributed by atoms with Gasteiger partial charge in [0.25, 0.3) is 6.43 Å². The summed E-state index contributed by atoms with van der Waals surface area (Å²) in [4.78, 5) is 15.2. The fraction of sp³-hybridized carbons (Fsp3) is 0.417. The molecule has 0 atom stereocenters. The Bertz CT molecular complexity index is 512. The van der Waals surface area contributed by atoms with Crippen molar-refractivity contribution in [2.24, 2.45) is 5.73 Å². The van der Waals surface area contributed by atoms with Gasteiger partial charge >= 0.3 is 5.97 Å². The summed E-state index contributed by atoms with van der Waals surface area (Å²) in [6.45, 7) is 1.63. The predicted molar refractivity (Wildman–Crippen MR) is 62.1 cm³/mol. The van der Waals surface area contributed by atoms with Crippen LogP contribution < -0.4 is 5.73 Å². The highest BCUT2D eigenvalue weighted by atomic mass is 19.3. The van der Waals surface area contributed by atoms with Crippen molar-refractivity contribution in [3.05, 3.63) is 28.6 Å². The van der Waals surface area contributed by atoms with Crippen LogP contribution in [-0.2, 0) is 22.5 Å². The van der Waals surface area contributed by atoms with Crippen molar-refractivity contribution in [3.8, 4) is 6.07 Å². The van der Waals surface area contributed by atoms with Crippen LogP contribution >= 0.6 is 0 Å². The lowest BCUT2D eigenvalue weighted by atomic mass is 10.0. The lowest BCUT2D eigenvalue weighted by molar-refractivity contribution is -0.142. The van der Waals surface area contributed by atoms with Crippen LogP contribution in [0.15, 0.2) is 6.07 Å². The molecule has 1 rings (SSSR count). The highest BCUT2D eigenvalue weighted by molar-refractivity contribution is 5.72. The standard InChI is InChI=1S/C12H13F2N3O2/c1-2-19-10(18)4-8-3-7(5-15)11(12(13)14)9(6-16)17-8/h3,12H,2,4,6,16H2,1H3. The van der Waals surface area contributed by atoms with E-state index in [9.17, 15) is 13.6 Å². The van der Waals surface area contributed by atoms with Gasteiger partial charge in [0, 0.05) is 6.54 Å². The first-order valence-electron chi connectivity index (χ1n) is 5.60. The number of ether oxygens (including phenoxy) is 1. The quantitative estimate of drug-likeness (QED) is 0.817. The molecule has 0 amide bonds. The van der Waals surface area contributed by atoms with E-state index in [-0.39, 0.29) is 36.5 Å². The molecule has 1 aromatic rings. The molecular weight excluding hydrogens is 256 g/mol. The first-order valence-corrected chi connectivity index (χ1v) is 5.60. The van der Waals surface area contributed by atoms with Crippen LogP contribution in [0.2, 0.25) is 0 Å². The number of pyridine rings is 1. The van der Waals surface area contributed by atoms with E-state index in [2.05, 4.69) is 4.98 Å². The van der Waals surface area contributed by atoms with Gasteiger partial charge in [-0.2, -0.15) is 5.26 Å². The summed E-state index contributed by atoms with van der Waals surface area (Å²) in [7, 11) is 0. The fourth-order valence-corrected chi connectivity index (χ4v) is 1.61. The van der Waals surface area contributed by atoms with E-state index in [0.29, 0.717) is 0 Å². The summed E-state index contributed by atoms with van der Waals surface area (Å²) in [5.74, 6) is -0.536. The molecule has 102 valence electrons. The Morgan fingerprint density at radius 2 is 2.32 bits per heavy atom. The van der Waals surface area contributed by atoms with Crippen LogP contribution in [0.3, 0.4) is 0 Å². The van der Waals surface area contributed by atoms with Crippen LogP contribution in [-0.4, -0.2) is 17.6 Å². The van der Waals surface area contributed by atoms with Gasteiger partial charge in [0.2, 0.25) is 0 Å². The van der Waals surface area contributed by atoms with Gasteiger partial charge in [-0.05, 0) is 13.0 Å². The highest BCUT2D eigenvalue weighted by Crippen LogP contribution is 2.26. The molecular formula is C12H13F2N3O2. The summed E-state index contributed by atoms with van der Waals surface area (Å²) in [6, 6.07) is 2.83. The minimum Gasteiger partial charge on any atom is -0.466 e. The van der Waals surface area contributed by atoms with Crippen molar-refractivity contribution in [2.75, 3.05) is 6.61 Å². The summed E-state index contributed by atoms with van der Waals surface area (Å²) in [5, 5.41) is 8.88. The second kappa shape index (κ2) is 6.75. The molecule has 0 saturated carbocycles. The molecule has 2 N–H and O–H groups in total. The molecule has 0 radical (unpaired) electrons. The predicted octanol–water partition coefficient (Wildman–Crippen LogP) is 1.46. The van der Waals surface area contributed by atoms with E-state index in [1.165, 1.54) is 0 Å². The summed E-state index contributed by atoms with van der Waals surface area (Å²) in [6.07, 6.45) is -3.02. The number of halogens is 2. The van der Waals surface area contributed by atoms with E-state index in [0.717, 1.165) is 6.07 Å². The van der Waals surface area contributed by atoms with Crippen LogP contribution in [0.5, 0.6) is 0 Å². The highest BCUT2D eigenvalue weighted by Gasteiger charge is 2.20. The van der Waals surface area contributed by atoms with Crippen LogP contribution in [0.1, 0.15) is 35.9 Å². The zero-order chi connectivity index (χ0) is 14.4. The van der Waals surface area contributed by atoms with Gasteiger partial charge in [0.05, 0.1) is 41.6 Å². The van der Waals surface area contributed by atoms with E-state index >= 15 is 0 Å². The summed E-state index contributed by atoms with van der Waals surface area (Å²) < 4.78 is 30.4. The average molecular weight is 269 g/mol. The Balaban J connectivity index is 3.17. The molecule has 7 heteroatoms. The van der Waals surface area contributed by atoms with E-state index in [4.69, 9.17) is 15.7 Å². The number of carbonyl (C=O) groups is 1. The molecule has 1 heterocycles. The fourth-order valence-electron chi connectivity index (χ4n) is 1.61. The van der Waals surface area contributed by atoms with Gasteiger partial charge in [-0.1, -0.05) is 0 Å². The Hall–Kier alpha value is -2.07. The third-order valence-electron chi connectivity index (χ3n) is 2.35. The van der Waals surface area contributed by atoms with Crippen molar-refractivity contribution in [1.29, 1.82) is 5.26 Å². The monoisotopic (exact) mass is 269 g/mol. The number of esters is 1. The van der Waals surface area contributed by atoms with Crippen molar-refractivity contribution in [1.82, 2.24) is 4.98 Å². The molecule has 0 aromatic carbocycles. The zero-order valence-corrected chi connectivity index (χ0v) is 10.3. The Morgan fingerprint density at radius 3 is 2.79 bits per heavy atom. The minimum atomic E-state index is -2.84. The maximum Gasteiger partial charge on any atom is 0.311 e. The number of nitriles is 1. The zero-order valence-electron chi connectivity index (χ0n) is 10.3. The average Bonchev–Trinajstić information content (AvgIpc) is 2.37. The second-order valence-corrected chi connectivity index (χ2v) is 3.62. The Kier molecular flexibility index (Phi) is 5.33. The molecule has 0 aliphatic heterocycles. The number of alkyl halides is 2. The van der Waals surface area contributed by atoms with Gasteiger partial charge < -0.3 is 10.5 Å². The van der Waals surface area contributed by atoms with Crippen LogP contribution in [0.4, 0.5) is 8.78 Å². The molecule has 0 unspecified atom stereocenters. The van der Waals surface area contributed by atoms with Crippen molar-refractivity contribution in [3.63, 3.8) is 0 Å². The third-order valence-corrected chi connectivity index (χ3v) is 2.35. The van der Waals surface area contributed by atoms with Crippen molar-refractivity contribution < 1.29 is 18.3 Å². The number of hydrogen-bond donors (Lipinski definition) is 1. The molecule has 0 aliphatic rings. The van der Waals surface area contributed by atoms with E-state index in [1.54, 1.807) is 13.0 Å². The number of aromatic nitrogens is 1. The smallest absolute Gasteiger partial charge is 0.311 e. The maximum absolute atomic E-state index is 12.8. The number of nitrogens with zero attached hydrogens (tertiary/aromatic N) is 2. The molecule has 0 bridgehead atoms. The lowest BCUT2D eigenvalue weighted by Gasteiger charge is -2.10. The number of carbonyl (C=O) groups excluding carboxylic acids is 1. The first kappa shape index (κ1) is 15.0. The van der Waals surface area contributed by atoms with Gasteiger partial charge in [-0.25, -0.2) is 8.78 Å². The SMILES string of the molecule is CCOC(=O)Cc1cc(C#N)c(C(F)F)c(CN)n1. The van der Waals surface area contributed by atoms with Gasteiger partial charge in [0.1, 0.15) is 0 Å². The van der Waals surface area contributed by atoms with Crippen LogP contribution in [0.25, 0.3) is 0 Å². The van der Waals surface area contributed by atoms with Crippen molar-refractivity contribution in [2.45, 2.75) is 26.3 Å².